The molecule has 0 bridgehead atoms. The fourth-order valence-electron chi connectivity index (χ4n) is 1.06. The van der Waals surface area contributed by atoms with E-state index in [1.54, 1.807) is 0 Å². The second kappa shape index (κ2) is 4.58. The zero-order chi connectivity index (χ0) is 12.3. The van der Waals surface area contributed by atoms with Crippen molar-refractivity contribution >= 4 is 16.0 Å². The lowest BCUT2D eigenvalue weighted by atomic mass is 10.2. The van der Waals surface area contributed by atoms with Crippen LogP contribution in [0.2, 0.25) is 0 Å². The van der Waals surface area contributed by atoms with E-state index in [0.29, 0.717) is 0 Å². The molecule has 0 radical (unpaired) electrons. The van der Waals surface area contributed by atoms with Gasteiger partial charge in [0.1, 0.15) is 5.82 Å². The van der Waals surface area contributed by atoms with Gasteiger partial charge in [0.2, 0.25) is 10.0 Å². The van der Waals surface area contributed by atoms with Gasteiger partial charge in [0.05, 0.1) is 17.6 Å². The minimum atomic E-state index is -3.70. The number of esters is 1. The van der Waals surface area contributed by atoms with Crippen LogP contribution in [-0.2, 0) is 14.8 Å². The predicted molar refractivity (Wildman–Crippen MR) is 54.0 cm³/mol. The SMILES string of the molecule is CNS(=O)(=O)c1ccc(F)c(C(=O)OC)c1. The molecule has 0 aromatic heterocycles. The van der Waals surface area contributed by atoms with Gasteiger partial charge in [0.15, 0.2) is 0 Å². The van der Waals surface area contributed by atoms with Crippen molar-refractivity contribution in [1.82, 2.24) is 4.72 Å². The van der Waals surface area contributed by atoms with Crippen molar-refractivity contribution in [1.29, 1.82) is 0 Å². The smallest absolute Gasteiger partial charge is 0.340 e. The maximum atomic E-state index is 13.2. The summed E-state index contributed by atoms with van der Waals surface area (Å²) in [7, 11) is -1.40. The summed E-state index contributed by atoms with van der Waals surface area (Å²) in [6.07, 6.45) is 0. The molecule has 0 unspecified atom stereocenters. The Labute approximate surface area is 92.3 Å². The highest BCUT2D eigenvalue weighted by atomic mass is 32.2. The van der Waals surface area contributed by atoms with Crippen molar-refractivity contribution in [2.45, 2.75) is 4.90 Å². The van der Waals surface area contributed by atoms with E-state index in [0.717, 1.165) is 25.3 Å². The fraction of sp³-hybridized carbons (Fsp3) is 0.222. The van der Waals surface area contributed by atoms with Crippen LogP contribution in [-0.4, -0.2) is 28.5 Å². The molecule has 0 saturated carbocycles. The number of sulfonamides is 1. The van der Waals surface area contributed by atoms with Crippen molar-refractivity contribution < 1.29 is 22.3 Å². The van der Waals surface area contributed by atoms with Crippen LogP contribution in [0, 0.1) is 5.82 Å². The average Bonchev–Trinajstić information content (AvgIpc) is 2.28. The second-order valence-corrected chi connectivity index (χ2v) is 4.73. The topological polar surface area (TPSA) is 72.5 Å². The highest BCUT2D eigenvalue weighted by molar-refractivity contribution is 7.89. The first-order valence-corrected chi connectivity index (χ1v) is 5.72. The van der Waals surface area contributed by atoms with Gasteiger partial charge in [0.25, 0.3) is 0 Å². The van der Waals surface area contributed by atoms with Crippen LogP contribution in [0.3, 0.4) is 0 Å². The zero-order valence-electron chi connectivity index (χ0n) is 8.65. The molecular formula is C9H10FNO4S. The van der Waals surface area contributed by atoms with Gasteiger partial charge < -0.3 is 4.74 Å². The first kappa shape index (κ1) is 12.6. The van der Waals surface area contributed by atoms with Gasteiger partial charge in [-0.15, -0.1) is 0 Å². The summed E-state index contributed by atoms with van der Waals surface area (Å²) in [5.41, 5.74) is -0.418. The molecule has 1 aromatic carbocycles. The van der Waals surface area contributed by atoms with E-state index in [2.05, 4.69) is 9.46 Å². The summed E-state index contributed by atoms with van der Waals surface area (Å²) in [4.78, 5) is 10.9. The number of benzene rings is 1. The Kier molecular flexibility index (Phi) is 3.61. The minimum absolute atomic E-state index is 0.197. The number of carbonyl (C=O) groups excluding carboxylic acids is 1. The number of halogens is 1. The van der Waals surface area contributed by atoms with Crippen molar-refractivity contribution in [3.63, 3.8) is 0 Å². The maximum absolute atomic E-state index is 13.2. The average molecular weight is 247 g/mol. The second-order valence-electron chi connectivity index (χ2n) is 2.84. The molecule has 5 nitrogen and oxygen atoms in total. The van der Waals surface area contributed by atoms with Crippen molar-refractivity contribution in [3.8, 4) is 0 Å². The first-order valence-electron chi connectivity index (χ1n) is 4.24. The Balaban J connectivity index is 3.34. The van der Waals surface area contributed by atoms with E-state index in [1.165, 1.54) is 7.05 Å². The molecule has 0 spiro atoms. The van der Waals surface area contributed by atoms with Gasteiger partial charge in [-0.1, -0.05) is 0 Å². The largest absolute Gasteiger partial charge is 0.465 e. The molecule has 0 atom stereocenters. The summed E-state index contributed by atoms with van der Waals surface area (Å²) >= 11 is 0. The lowest BCUT2D eigenvalue weighted by molar-refractivity contribution is 0.0595. The molecule has 1 N–H and O–H groups in total. The van der Waals surface area contributed by atoms with Gasteiger partial charge >= 0.3 is 5.97 Å². The van der Waals surface area contributed by atoms with E-state index in [1.807, 2.05) is 0 Å². The molecule has 1 aromatic rings. The van der Waals surface area contributed by atoms with E-state index < -0.39 is 27.4 Å². The number of methoxy groups -OCH3 is 1. The Bertz CT molecular complexity index is 512. The molecule has 7 heteroatoms. The first-order chi connectivity index (χ1) is 7.42. The zero-order valence-corrected chi connectivity index (χ0v) is 9.47. The maximum Gasteiger partial charge on any atom is 0.340 e. The highest BCUT2D eigenvalue weighted by Gasteiger charge is 2.18. The van der Waals surface area contributed by atoms with Crippen molar-refractivity contribution in [2.75, 3.05) is 14.2 Å². The summed E-state index contributed by atoms with van der Waals surface area (Å²) in [6, 6.07) is 2.89. The molecular weight excluding hydrogens is 237 g/mol. The van der Waals surface area contributed by atoms with Gasteiger partial charge in [-0.3, -0.25) is 0 Å². The summed E-state index contributed by atoms with van der Waals surface area (Å²) < 4.78 is 42.3. The number of hydrogen-bond donors (Lipinski definition) is 1. The van der Waals surface area contributed by atoms with Crippen molar-refractivity contribution in [2.24, 2.45) is 0 Å². The van der Waals surface area contributed by atoms with Crippen LogP contribution in [0.15, 0.2) is 23.1 Å². The van der Waals surface area contributed by atoms with Gasteiger partial charge in [-0.25, -0.2) is 22.3 Å². The Hall–Kier alpha value is -1.47. The van der Waals surface area contributed by atoms with Gasteiger partial charge in [0, 0.05) is 0 Å². The molecule has 0 aliphatic heterocycles. The van der Waals surface area contributed by atoms with E-state index >= 15 is 0 Å². The summed E-state index contributed by atoms with van der Waals surface area (Å²) in [5, 5.41) is 0. The Morgan fingerprint density at radius 1 is 1.44 bits per heavy atom. The predicted octanol–water partition coefficient (Wildman–Crippen LogP) is 0.520. The lowest BCUT2D eigenvalue weighted by Gasteiger charge is -2.05. The molecule has 1 rings (SSSR count). The van der Waals surface area contributed by atoms with Crippen LogP contribution >= 0.6 is 0 Å². The monoisotopic (exact) mass is 247 g/mol. The van der Waals surface area contributed by atoms with Crippen LogP contribution in [0.25, 0.3) is 0 Å². The Morgan fingerprint density at radius 2 is 2.06 bits per heavy atom. The number of hydrogen-bond acceptors (Lipinski definition) is 4. The van der Waals surface area contributed by atoms with E-state index in [9.17, 15) is 17.6 Å². The molecule has 0 amide bonds. The third-order valence-corrected chi connectivity index (χ3v) is 3.33. The molecule has 88 valence electrons. The van der Waals surface area contributed by atoms with E-state index in [4.69, 9.17) is 0 Å². The van der Waals surface area contributed by atoms with Crippen LogP contribution in [0.5, 0.6) is 0 Å². The molecule has 0 saturated heterocycles. The molecule has 0 aliphatic carbocycles. The summed E-state index contributed by atoms with van der Waals surface area (Å²) in [6.45, 7) is 0. The van der Waals surface area contributed by atoms with Gasteiger partial charge in [-0.2, -0.15) is 0 Å². The number of ether oxygens (including phenoxy) is 1. The van der Waals surface area contributed by atoms with Crippen LogP contribution in [0.4, 0.5) is 4.39 Å². The quantitative estimate of drug-likeness (QED) is 0.790. The Morgan fingerprint density at radius 3 is 2.56 bits per heavy atom. The third-order valence-electron chi connectivity index (χ3n) is 1.92. The number of nitrogens with one attached hydrogen (secondary N) is 1. The molecule has 0 heterocycles. The highest BCUT2D eigenvalue weighted by Crippen LogP contribution is 2.15. The number of rotatable bonds is 3. The normalized spacial score (nSPS) is 11.2. The number of carbonyl (C=O) groups is 1. The lowest BCUT2D eigenvalue weighted by Crippen LogP contribution is -2.19. The molecule has 16 heavy (non-hydrogen) atoms. The summed E-state index contributed by atoms with van der Waals surface area (Å²) in [5.74, 6) is -1.76. The van der Waals surface area contributed by atoms with Crippen molar-refractivity contribution in [3.05, 3.63) is 29.6 Å². The van der Waals surface area contributed by atoms with Crippen LogP contribution < -0.4 is 4.72 Å². The fourth-order valence-corrected chi connectivity index (χ4v) is 1.81. The third kappa shape index (κ3) is 2.37. The standard InChI is InChI=1S/C9H10FNO4S/c1-11-16(13,14)6-3-4-8(10)7(5-6)9(12)15-2/h3-5,11H,1-2H3. The van der Waals surface area contributed by atoms with Gasteiger partial charge in [-0.05, 0) is 25.2 Å². The van der Waals surface area contributed by atoms with Crippen LogP contribution in [0.1, 0.15) is 10.4 Å². The van der Waals surface area contributed by atoms with E-state index in [-0.39, 0.29) is 4.90 Å². The minimum Gasteiger partial charge on any atom is -0.465 e. The molecule has 0 fully saturated rings. The molecule has 0 aliphatic rings.